The van der Waals surface area contributed by atoms with Crippen LogP contribution in [-0.4, -0.2) is 11.9 Å². The molecule has 0 spiro atoms. The number of nitrogens with one attached hydrogen (secondary N) is 1. The smallest absolute Gasteiger partial charge is 0.237 e. The average Bonchev–Trinajstić information content (AvgIpc) is 2.43. The second-order valence-corrected chi connectivity index (χ2v) is 4.80. The topological polar surface area (TPSA) is 55.1 Å². The van der Waals surface area contributed by atoms with Gasteiger partial charge in [-0.05, 0) is 23.5 Å². The number of carbonyl (C=O) groups is 1. The summed E-state index contributed by atoms with van der Waals surface area (Å²) in [5.74, 6) is 0.149. The molecule has 0 aliphatic carbocycles. The Morgan fingerprint density at radius 1 is 1.22 bits per heavy atom. The Bertz CT molecular complexity index is 373. The molecule has 0 bridgehead atoms. The normalized spacial score (nSPS) is 14.0. The van der Waals surface area contributed by atoms with E-state index in [0.717, 1.165) is 18.4 Å². The van der Waals surface area contributed by atoms with Crippen LogP contribution in [0.4, 0.5) is 0 Å². The maximum Gasteiger partial charge on any atom is 0.237 e. The lowest BCUT2D eigenvalue weighted by molar-refractivity contribution is -0.123. The zero-order valence-electron chi connectivity index (χ0n) is 11.6. The molecule has 3 N–H and O–H groups in total. The van der Waals surface area contributed by atoms with E-state index in [0.29, 0.717) is 6.54 Å². The molecule has 0 saturated heterocycles. The molecular weight excluding hydrogens is 224 g/mol. The van der Waals surface area contributed by atoms with E-state index in [-0.39, 0.29) is 11.8 Å². The van der Waals surface area contributed by atoms with Crippen LogP contribution >= 0.6 is 0 Å². The molecule has 0 aromatic heterocycles. The lowest BCUT2D eigenvalue weighted by atomic mass is 9.99. The Balaban J connectivity index is 2.46. The SMILES string of the molecule is CCc1ccc(CNC(=O)[C@@H](N)C(C)CC)cc1. The number of carbonyl (C=O) groups excluding carboxylic acids is 1. The van der Waals surface area contributed by atoms with Gasteiger partial charge in [-0.25, -0.2) is 0 Å². The minimum Gasteiger partial charge on any atom is -0.351 e. The Hall–Kier alpha value is -1.35. The Morgan fingerprint density at radius 2 is 1.78 bits per heavy atom. The molecule has 0 saturated carbocycles. The monoisotopic (exact) mass is 248 g/mol. The highest BCUT2D eigenvalue weighted by Gasteiger charge is 2.18. The average molecular weight is 248 g/mol. The summed E-state index contributed by atoms with van der Waals surface area (Å²) >= 11 is 0. The van der Waals surface area contributed by atoms with Crippen LogP contribution in [0.25, 0.3) is 0 Å². The van der Waals surface area contributed by atoms with Gasteiger partial charge >= 0.3 is 0 Å². The molecular formula is C15H24N2O. The molecule has 1 aromatic rings. The van der Waals surface area contributed by atoms with Gasteiger partial charge < -0.3 is 11.1 Å². The van der Waals surface area contributed by atoms with Crippen LogP contribution in [0.5, 0.6) is 0 Å². The fourth-order valence-electron chi connectivity index (χ4n) is 1.71. The van der Waals surface area contributed by atoms with Gasteiger partial charge in [-0.15, -0.1) is 0 Å². The van der Waals surface area contributed by atoms with Crippen LogP contribution < -0.4 is 11.1 Å². The highest BCUT2D eigenvalue weighted by Crippen LogP contribution is 2.07. The third kappa shape index (κ3) is 4.15. The third-order valence-corrected chi connectivity index (χ3v) is 3.46. The van der Waals surface area contributed by atoms with Crippen molar-refractivity contribution in [3.05, 3.63) is 35.4 Å². The molecule has 1 amide bonds. The first-order valence-electron chi connectivity index (χ1n) is 6.69. The third-order valence-electron chi connectivity index (χ3n) is 3.46. The summed E-state index contributed by atoms with van der Waals surface area (Å²) in [7, 11) is 0. The zero-order valence-corrected chi connectivity index (χ0v) is 11.6. The summed E-state index contributed by atoms with van der Waals surface area (Å²) < 4.78 is 0. The highest BCUT2D eigenvalue weighted by atomic mass is 16.2. The van der Waals surface area contributed by atoms with Crippen molar-refractivity contribution in [1.82, 2.24) is 5.32 Å². The second kappa shape index (κ2) is 7.17. The van der Waals surface area contributed by atoms with Crippen molar-refractivity contribution in [2.75, 3.05) is 0 Å². The van der Waals surface area contributed by atoms with Gasteiger partial charge in [0.15, 0.2) is 0 Å². The molecule has 0 aliphatic heterocycles. The fourth-order valence-corrected chi connectivity index (χ4v) is 1.71. The van der Waals surface area contributed by atoms with Gasteiger partial charge in [-0.2, -0.15) is 0 Å². The van der Waals surface area contributed by atoms with Crippen molar-refractivity contribution in [1.29, 1.82) is 0 Å². The van der Waals surface area contributed by atoms with E-state index in [1.807, 2.05) is 26.0 Å². The molecule has 3 heteroatoms. The van der Waals surface area contributed by atoms with Gasteiger partial charge in [0.2, 0.25) is 5.91 Å². The van der Waals surface area contributed by atoms with Crippen molar-refractivity contribution in [2.24, 2.45) is 11.7 Å². The number of hydrogen-bond donors (Lipinski definition) is 2. The summed E-state index contributed by atoms with van der Waals surface area (Å²) in [6, 6.07) is 7.87. The van der Waals surface area contributed by atoms with E-state index in [4.69, 9.17) is 5.73 Å². The predicted molar refractivity (Wildman–Crippen MR) is 75.1 cm³/mol. The van der Waals surface area contributed by atoms with Crippen molar-refractivity contribution < 1.29 is 4.79 Å². The van der Waals surface area contributed by atoms with E-state index < -0.39 is 6.04 Å². The van der Waals surface area contributed by atoms with Gasteiger partial charge in [0.25, 0.3) is 0 Å². The molecule has 0 heterocycles. The molecule has 1 unspecified atom stereocenters. The molecule has 1 aromatic carbocycles. The summed E-state index contributed by atoms with van der Waals surface area (Å²) in [4.78, 5) is 11.8. The largest absolute Gasteiger partial charge is 0.351 e. The second-order valence-electron chi connectivity index (χ2n) is 4.80. The molecule has 0 aliphatic rings. The summed E-state index contributed by atoms with van der Waals surface area (Å²) in [6.07, 6.45) is 1.95. The molecule has 18 heavy (non-hydrogen) atoms. The minimum absolute atomic E-state index is 0.0658. The maximum absolute atomic E-state index is 11.8. The molecule has 0 fully saturated rings. The Labute approximate surface area is 110 Å². The van der Waals surface area contributed by atoms with Crippen LogP contribution in [0, 0.1) is 5.92 Å². The van der Waals surface area contributed by atoms with Crippen LogP contribution in [0.15, 0.2) is 24.3 Å². The van der Waals surface area contributed by atoms with E-state index in [2.05, 4.69) is 24.4 Å². The van der Waals surface area contributed by atoms with Gasteiger partial charge in [0, 0.05) is 6.54 Å². The predicted octanol–water partition coefficient (Wildman–Crippen LogP) is 2.24. The number of rotatable bonds is 6. The van der Waals surface area contributed by atoms with Crippen molar-refractivity contribution in [2.45, 2.75) is 46.2 Å². The van der Waals surface area contributed by atoms with Crippen LogP contribution in [-0.2, 0) is 17.8 Å². The first-order chi connectivity index (χ1) is 8.58. The fraction of sp³-hybridized carbons (Fsp3) is 0.533. The first kappa shape index (κ1) is 14.7. The van der Waals surface area contributed by atoms with Gasteiger partial charge in [0.1, 0.15) is 0 Å². The summed E-state index contributed by atoms with van der Waals surface area (Å²) in [5, 5.41) is 2.89. The van der Waals surface area contributed by atoms with E-state index in [9.17, 15) is 4.79 Å². The molecule has 2 atom stereocenters. The van der Waals surface area contributed by atoms with Crippen LogP contribution in [0.1, 0.15) is 38.3 Å². The lowest BCUT2D eigenvalue weighted by Gasteiger charge is -2.17. The molecule has 1 rings (SSSR count). The quantitative estimate of drug-likeness (QED) is 0.811. The van der Waals surface area contributed by atoms with E-state index in [1.165, 1.54) is 5.56 Å². The molecule has 0 radical (unpaired) electrons. The van der Waals surface area contributed by atoms with E-state index >= 15 is 0 Å². The number of amides is 1. The molecule has 100 valence electrons. The standard InChI is InChI=1S/C15H24N2O/c1-4-11(3)14(16)15(18)17-10-13-8-6-12(5-2)7-9-13/h6-9,11,14H,4-5,10,16H2,1-3H3,(H,17,18)/t11?,14-/m0/s1. The van der Waals surface area contributed by atoms with Crippen molar-refractivity contribution in [3.63, 3.8) is 0 Å². The van der Waals surface area contributed by atoms with Gasteiger partial charge in [-0.3, -0.25) is 4.79 Å². The lowest BCUT2D eigenvalue weighted by Crippen LogP contribution is -2.44. The summed E-state index contributed by atoms with van der Waals surface area (Å²) in [5.41, 5.74) is 8.28. The number of nitrogens with two attached hydrogens (primary N) is 1. The number of aryl methyl sites for hydroxylation is 1. The van der Waals surface area contributed by atoms with Gasteiger partial charge in [-0.1, -0.05) is 51.5 Å². The number of benzene rings is 1. The van der Waals surface area contributed by atoms with Gasteiger partial charge in [0.05, 0.1) is 6.04 Å². The van der Waals surface area contributed by atoms with Crippen LogP contribution in [0.3, 0.4) is 0 Å². The highest BCUT2D eigenvalue weighted by molar-refractivity contribution is 5.81. The maximum atomic E-state index is 11.8. The molecule has 3 nitrogen and oxygen atoms in total. The Morgan fingerprint density at radius 3 is 2.28 bits per heavy atom. The van der Waals surface area contributed by atoms with Crippen molar-refractivity contribution >= 4 is 5.91 Å². The minimum atomic E-state index is -0.412. The summed E-state index contributed by atoms with van der Waals surface area (Å²) in [6.45, 7) is 6.72. The Kier molecular flexibility index (Phi) is 5.86. The van der Waals surface area contributed by atoms with Crippen molar-refractivity contribution in [3.8, 4) is 0 Å². The number of hydrogen-bond acceptors (Lipinski definition) is 2. The van der Waals surface area contributed by atoms with Crippen LogP contribution in [0.2, 0.25) is 0 Å². The first-order valence-corrected chi connectivity index (χ1v) is 6.69. The zero-order chi connectivity index (χ0) is 13.5. The van der Waals surface area contributed by atoms with E-state index in [1.54, 1.807) is 0 Å².